The zero-order valence-corrected chi connectivity index (χ0v) is 12.6. The molecule has 0 saturated carbocycles. The molecule has 0 atom stereocenters. The van der Waals surface area contributed by atoms with E-state index >= 15 is 0 Å². The first kappa shape index (κ1) is 15.3. The van der Waals surface area contributed by atoms with Crippen molar-refractivity contribution in [3.05, 3.63) is 28.6 Å². The van der Waals surface area contributed by atoms with Crippen LogP contribution in [0.3, 0.4) is 0 Å². The average molecular weight is 308 g/mol. The van der Waals surface area contributed by atoms with Crippen LogP contribution in [0.25, 0.3) is 11.5 Å². The minimum atomic E-state index is -0.909. The lowest BCUT2D eigenvalue weighted by atomic mass is 10.2. The van der Waals surface area contributed by atoms with E-state index in [0.29, 0.717) is 29.1 Å². The number of carboxylic acid groups (broad SMARTS) is 1. The van der Waals surface area contributed by atoms with E-state index < -0.39 is 5.97 Å². The number of rotatable bonds is 6. The average Bonchev–Trinajstić information content (AvgIpc) is 2.78. The minimum Gasteiger partial charge on any atom is -0.481 e. The summed E-state index contributed by atoms with van der Waals surface area (Å²) in [5, 5.41) is 17.4. The SMILES string of the molecule is CC(C)Cn1c(SCC(=O)O)nnc1-c1cccc(=O)[nH]1. The number of aliphatic carboxylic acids is 1. The van der Waals surface area contributed by atoms with Crippen molar-refractivity contribution in [3.8, 4) is 11.5 Å². The molecule has 21 heavy (non-hydrogen) atoms. The highest BCUT2D eigenvalue weighted by atomic mass is 32.2. The number of carbonyl (C=O) groups is 1. The van der Waals surface area contributed by atoms with E-state index in [2.05, 4.69) is 15.2 Å². The molecule has 8 heteroatoms. The standard InChI is InChI=1S/C13H16N4O3S/c1-8(2)6-17-12(9-4-3-5-10(18)14-9)15-16-13(17)21-7-11(19)20/h3-5,8H,6-7H2,1-2H3,(H,14,18)(H,19,20). The van der Waals surface area contributed by atoms with Crippen LogP contribution in [-0.2, 0) is 11.3 Å². The maximum Gasteiger partial charge on any atom is 0.313 e. The van der Waals surface area contributed by atoms with Crippen molar-refractivity contribution < 1.29 is 9.90 Å². The summed E-state index contributed by atoms with van der Waals surface area (Å²) in [5.41, 5.74) is 0.351. The third-order valence-electron chi connectivity index (χ3n) is 2.60. The summed E-state index contributed by atoms with van der Waals surface area (Å²) in [4.78, 5) is 24.8. The van der Waals surface area contributed by atoms with Gasteiger partial charge in [-0.15, -0.1) is 10.2 Å². The monoisotopic (exact) mass is 308 g/mol. The first-order valence-corrected chi connectivity index (χ1v) is 7.43. The highest BCUT2D eigenvalue weighted by molar-refractivity contribution is 7.99. The second-order valence-corrected chi connectivity index (χ2v) is 5.86. The summed E-state index contributed by atoms with van der Waals surface area (Å²) in [6.07, 6.45) is 0. The van der Waals surface area contributed by atoms with Crippen molar-refractivity contribution in [2.75, 3.05) is 5.75 Å². The summed E-state index contributed by atoms with van der Waals surface area (Å²) in [6, 6.07) is 4.81. The van der Waals surface area contributed by atoms with Crippen molar-refractivity contribution in [1.82, 2.24) is 19.7 Å². The van der Waals surface area contributed by atoms with Crippen LogP contribution >= 0.6 is 11.8 Å². The number of pyridine rings is 1. The van der Waals surface area contributed by atoms with E-state index in [1.807, 2.05) is 18.4 Å². The van der Waals surface area contributed by atoms with Gasteiger partial charge in [-0.3, -0.25) is 9.59 Å². The number of carboxylic acids is 1. The van der Waals surface area contributed by atoms with Crippen molar-refractivity contribution in [1.29, 1.82) is 0 Å². The van der Waals surface area contributed by atoms with Crippen LogP contribution in [0.15, 0.2) is 28.2 Å². The number of aromatic amines is 1. The quantitative estimate of drug-likeness (QED) is 0.784. The molecule has 0 spiro atoms. The van der Waals surface area contributed by atoms with Crippen LogP contribution in [0.4, 0.5) is 0 Å². The Balaban J connectivity index is 2.40. The molecule has 7 nitrogen and oxygen atoms in total. The summed E-state index contributed by atoms with van der Waals surface area (Å²) >= 11 is 1.11. The number of H-pyrrole nitrogens is 1. The van der Waals surface area contributed by atoms with Crippen LogP contribution < -0.4 is 5.56 Å². The van der Waals surface area contributed by atoms with Gasteiger partial charge in [0.05, 0.1) is 11.4 Å². The van der Waals surface area contributed by atoms with Crippen molar-refractivity contribution in [3.63, 3.8) is 0 Å². The smallest absolute Gasteiger partial charge is 0.313 e. The van der Waals surface area contributed by atoms with Crippen LogP contribution in [0, 0.1) is 5.92 Å². The molecule has 2 aromatic heterocycles. The predicted molar refractivity (Wildman–Crippen MR) is 79.3 cm³/mol. The van der Waals surface area contributed by atoms with Crippen LogP contribution in [0.2, 0.25) is 0 Å². The maximum atomic E-state index is 11.4. The van der Waals surface area contributed by atoms with Gasteiger partial charge in [-0.25, -0.2) is 0 Å². The van der Waals surface area contributed by atoms with Gasteiger partial charge < -0.3 is 14.7 Å². The van der Waals surface area contributed by atoms with E-state index in [4.69, 9.17) is 5.11 Å². The molecule has 0 radical (unpaired) electrons. The largest absolute Gasteiger partial charge is 0.481 e. The van der Waals surface area contributed by atoms with Gasteiger partial charge in [0.1, 0.15) is 0 Å². The molecule has 2 N–H and O–H groups in total. The fourth-order valence-electron chi connectivity index (χ4n) is 1.83. The maximum absolute atomic E-state index is 11.4. The van der Waals surface area contributed by atoms with E-state index in [9.17, 15) is 9.59 Å². The van der Waals surface area contributed by atoms with E-state index in [1.54, 1.807) is 12.1 Å². The molecule has 0 amide bonds. The van der Waals surface area contributed by atoms with Gasteiger partial charge in [0.25, 0.3) is 0 Å². The number of thioether (sulfide) groups is 1. The Morgan fingerprint density at radius 2 is 2.19 bits per heavy atom. The second-order valence-electron chi connectivity index (χ2n) is 4.92. The van der Waals surface area contributed by atoms with Gasteiger partial charge >= 0.3 is 5.97 Å². The van der Waals surface area contributed by atoms with Crippen molar-refractivity contribution in [2.45, 2.75) is 25.5 Å². The van der Waals surface area contributed by atoms with Crippen LogP contribution in [-0.4, -0.2) is 36.6 Å². The molecule has 112 valence electrons. The summed E-state index contributed by atoms with van der Waals surface area (Å²) in [6.45, 7) is 4.73. The van der Waals surface area contributed by atoms with E-state index in [0.717, 1.165) is 11.8 Å². The van der Waals surface area contributed by atoms with Gasteiger partial charge in [0.15, 0.2) is 11.0 Å². The zero-order chi connectivity index (χ0) is 15.4. The molecule has 0 unspecified atom stereocenters. The summed E-state index contributed by atoms with van der Waals surface area (Å²) < 4.78 is 1.84. The lowest BCUT2D eigenvalue weighted by Gasteiger charge is -2.11. The molecule has 0 aromatic carbocycles. The Morgan fingerprint density at radius 1 is 1.43 bits per heavy atom. The zero-order valence-electron chi connectivity index (χ0n) is 11.7. The number of nitrogens with one attached hydrogen (secondary N) is 1. The summed E-state index contributed by atoms with van der Waals surface area (Å²) in [5.74, 6) is -0.121. The van der Waals surface area contributed by atoms with Crippen molar-refractivity contribution in [2.24, 2.45) is 5.92 Å². The van der Waals surface area contributed by atoms with E-state index in [-0.39, 0.29) is 11.3 Å². The number of hydrogen-bond donors (Lipinski definition) is 2. The highest BCUT2D eigenvalue weighted by Gasteiger charge is 2.16. The lowest BCUT2D eigenvalue weighted by Crippen LogP contribution is -2.11. The highest BCUT2D eigenvalue weighted by Crippen LogP contribution is 2.23. The Labute approximate surface area is 125 Å². The summed E-state index contributed by atoms with van der Waals surface area (Å²) in [7, 11) is 0. The Hall–Kier alpha value is -2.09. The molecule has 0 bridgehead atoms. The molecular formula is C13H16N4O3S. The molecule has 2 aromatic rings. The first-order valence-electron chi connectivity index (χ1n) is 6.45. The topological polar surface area (TPSA) is 101 Å². The second kappa shape index (κ2) is 6.57. The van der Waals surface area contributed by atoms with Crippen LogP contribution in [0.1, 0.15) is 13.8 Å². The fraction of sp³-hybridized carbons (Fsp3) is 0.385. The Kier molecular flexibility index (Phi) is 4.79. The predicted octanol–water partition coefficient (Wildman–Crippen LogP) is 1.47. The number of aromatic nitrogens is 4. The van der Waals surface area contributed by atoms with Gasteiger partial charge in [-0.2, -0.15) is 0 Å². The number of nitrogens with zero attached hydrogens (tertiary/aromatic N) is 3. The fourth-order valence-corrected chi connectivity index (χ4v) is 2.50. The van der Waals surface area contributed by atoms with Crippen molar-refractivity contribution >= 4 is 17.7 Å². The van der Waals surface area contributed by atoms with Gasteiger partial charge in [-0.1, -0.05) is 31.7 Å². The normalized spacial score (nSPS) is 11.0. The van der Waals surface area contributed by atoms with Gasteiger partial charge in [-0.05, 0) is 12.0 Å². The molecule has 0 aliphatic carbocycles. The Bertz CT molecular complexity index is 693. The molecule has 0 saturated heterocycles. The van der Waals surface area contributed by atoms with Crippen LogP contribution in [0.5, 0.6) is 0 Å². The third kappa shape index (κ3) is 3.94. The van der Waals surface area contributed by atoms with E-state index in [1.165, 1.54) is 6.07 Å². The Morgan fingerprint density at radius 3 is 2.81 bits per heavy atom. The van der Waals surface area contributed by atoms with Gasteiger partial charge in [0, 0.05) is 12.6 Å². The van der Waals surface area contributed by atoms with Gasteiger partial charge in [0.2, 0.25) is 5.56 Å². The lowest BCUT2D eigenvalue weighted by molar-refractivity contribution is -0.133. The molecule has 0 fully saturated rings. The number of hydrogen-bond acceptors (Lipinski definition) is 5. The first-order chi connectivity index (χ1) is 9.97. The molecule has 0 aliphatic heterocycles. The molecule has 0 aliphatic rings. The molecule has 2 rings (SSSR count). The molecule has 2 heterocycles. The minimum absolute atomic E-state index is 0.0818. The molecular weight excluding hydrogens is 292 g/mol. The third-order valence-corrected chi connectivity index (χ3v) is 3.55.